The van der Waals surface area contributed by atoms with Gasteiger partial charge in [0.25, 0.3) is 0 Å². The van der Waals surface area contributed by atoms with Crippen LogP contribution in [0.5, 0.6) is 0 Å². The van der Waals surface area contributed by atoms with Gasteiger partial charge in [-0.2, -0.15) is 0 Å². The van der Waals surface area contributed by atoms with Crippen molar-refractivity contribution < 1.29 is 19.2 Å². The van der Waals surface area contributed by atoms with Crippen LogP contribution >= 0.6 is 0 Å². The molecule has 1 heterocycles. The van der Waals surface area contributed by atoms with Crippen molar-refractivity contribution in [3.05, 3.63) is 0 Å². The highest BCUT2D eigenvalue weighted by Gasteiger charge is 2.14. The number of rotatable bonds is 13. The summed E-state index contributed by atoms with van der Waals surface area (Å²) in [5.74, 6) is 0. The van der Waals surface area contributed by atoms with E-state index in [4.69, 9.17) is 9.57 Å². The number of amides is 2. The number of piperidine rings is 1. The van der Waals surface area contributed by atoms with Gasteiger partial charge in [0.15, 0.2) is 0 Å². The second kappa shape index (κ2) is 15.7. The topological polar surface area (TPSA) is 79.9 Å². The van der Waals surface area contributed by atoms with E-state index in [1.165, 1.54) is 19.3 Å². The number of nitrogens with zero attached hydrogens (tertiary/aromatic N) is 1. The third kappa shape index (κ3) is 12.8. The van der Waals surface area contributed by atoms with Gasteiger partial charge >= 0.3 is 12.2 Å². The fraction of sp³-hybridized carbons (Fsp3) is 0.895. The van der Waals surface area contributed by atoms with Crippen LogP contribution in [0.15, 0.2) is 0 Å². The van der Waals surface area contributed by atoms with Gasteiger partial charge in [-0.15, -0.1) is 5.06 Å². The average Bonchev–Trinajstić information content (AvgIpc) is 2.64. The summed E-state index contributed by atoms with van der Waals surface area (Å²) in [7, 11) is 0. The molecule has 0 radical (unpaired) electrons. The lowest BCUT2D eigenvalue weighted by molar-refractivity contribution is -0.110. The molecule has 0 aliphatic carbocycles. The van der Waals surface area contributed by atoms with Crippen molar-refractivity contribution in [1.29, 1.82) is 0 Å². The number of carbonyl (C=O) groups is 2. The van der Waals surface area contributed by atoms with Crippen LogP contribution < -0.4 is 10.6 Å². The molecule has 2 N–H and O–H groups in total. The molecule has 1 rings (SSSR count). The normalized spacial score (nSPS) is 14.7. The zero-order valence-corrected chi connectivity index (χ0v) is 16.4. The second-order valence-electron chi connectivity index (χ2n) is 6.83. The van der Waals surface area contributed by atoms with E-state index in [0.29, 0.717) is 19.7 Å². The lowest BCUT2D eigenvalue weighted by atomic mass is 10.2. The first-order valence-corrected chi connectivity index (χ1v) is 10.3. The van der Waals surface area contributed by atoms with Gasteiger partial charge < -0.3 is 20.2 Å². The molecule has 0 saturated carbocycles. The summed E-state index contributed by atoms with van der Waals surface area (Å²) in [5, 5.41) is 7.29. The van der Waals surface area contributed by atoms with Crippen molar-refractivity contribution >= 4 is 12.2 Å². The van der Waals surface area contributed by atoms with Crippen LogP contribution in [0.25, 0.3) is 0 Å². The van der Waals surface area contributed by atoms with Crippen LogP contribution in [0.2, 0.25) is 0 Å². The predicted octanol–water partition coefficient (Wildman–Crippen LogP) is 3.98. The monoisotopic (exact) mass is 371 g/mol. The first kappa shape index (κ1) is 22.5. The van der Waals surface area contributed by atoms with Crippen molar-refractivity contribution in [3.63, 3.8) is 0 Å². The molecule has 26 heavy (non-hydrogen) atoms. The standard InChI is InChI=1S/C19H37N3O4/c1-2-3-4-8-13-20-18(23)25-17-12-6-5-9-14-21-19(24)26-22-15-10-7-11-16-22/h2-17H2,1H3,(H,20,23)(H,21,24). The van der Waals surface area contributed by atoms with Gasteiger partial charge in [-0.25, -0.2) is 9.59 Å². The van der Waals surface area contributed by atoms with Gasteiger partial charge in [0.2, 0.25) is 0 Å². The Hall–Kier alpha value is -1.50. The molecule has 1 aliphatic heterocycles. The summed E-state index contributed by atoms with van der Waals surface area (Å²) in [4.78, 5) is 28.3. The Bertz CT molecular complexity index is 374. The van der Waals surface area contributed by atoms with E-state index in [1.807, 2.05) is 0 Å². The molecule has 0 bridgehead atoms. The van der Waals surface area contributed by atoms with Crippen LogP contribution in [-0.4, -0.2) is 50.0 Å². The molecule has 2 amide bonds. The van der Waals surface area contributed by atoms with Crippen molar-refractivity contribution in [1.82, 2.24) is 15.7 Å². The maximum absolute atomic E-state index is 11.6. The van der Waals surface area contributed by atoms with Crippen molar-refractivity contribution in [2.24, 2.45) is 0 Å². The van der Waals surface area contributed by atoms with Gasteiger partial charge in [0, 0.05) is 26.2 Å². The fourth-order valence-corrected chi connectivity index (χ4v) is 2.83. The zero-order valence-electron chi connectivity index (χ0n) is 16.4. The number of ether oxygens (including phenoxy) is 1. The molecule has 0 aromatic heterocycles. The summed E-state index contributed by atoms with van der Waals surface area (Å²) in [6.45, 7) is 5.59. The van der Waals surface area contributed by atoms with E-state index in [1.54, 1.807) is 5.06 Å². The Morgan fingerprint density at radius 3 is 2.12 bits per heavy atom. The summed E-state index contributed by atoms with van der Waals surface area (Å²) in [6, 6.07) is 0. The van der Waals surface area contributed by atoms with Crippen molar-refractivity contribution in [3.8, 4) is 0 Å². The number of hydrogen-bond acceptors (Lipinski definition) is 5. The number of carbonyl (C=O) groups excluding carboxylic acids is 2. The van der Waals surface area contributed by atoms with Gasteiger partial charge in [-0.3, -0.25) is 0 Å². The molecule has 1 saturated heterocycles. The molecular weight excluding hydrogens is 334 g/mol. The molecule has 0 aromatic rings. The highest BCUT2D eigenvalue weighted by Crippen LogP contribution is 2.08. The van der Waals surface area contributed by atoms with E-state index < -0.39 is 0 Å². The minimum absolute atomic E-state index is 0.316. The minimum atomic E-state index is -0.356. The fourth-order valence-electron chi connectivity index (χ4n) is 2.83. The molecule has 7 nitrogen and oxygen atoms in total. The number of hydrogen-bond donors (Lipinski definition) is 2. The van der Waals surface area contributed by atoms with Crippen LogP contribution in [0.3, 0.4) is 0 Å². The average molecular weight is 372 g/mol. The molecule has 1 fully saturated rings. The van der Waals surface area contributed by atoms with E-state index in [9.17, 15) is 9.59 Å². The largest absolute Gasteiger partial charge is 0.450 e. The van der Waals surface area contributed by atoms with E-state index in [0.717, 1.165) is 64.5 Å². The first-order chi connectivity index (χ1) is 12.7. The maximum atomic E-state index is 11.6. The summed E-state index contributed by atoms with van der Waals surface area (Å²) in [5.41, 5.74) is 0. The Morgan fingerprint density at radius 2 is 1.42 bits per heavy atom. The number of alkyl carbamates (subject to hydrolysis) is 1. The van der Waals surface area contributed by atoms with Crippen molar-refractivity contribution in [2.45, 2.75) is 77.6 Å². The number of hydroxylamine groups is 2. The van der Waals surface area contributed by atoms with Crippen LogP contribution in [0.1, 0.15) is 77.6 Å². The minimum Gasteiger partial charge on any atom is -0.450 e. The summed E-state index contributed by atoms with van der Waals surface area (Å²) < 4.78 is 5.13. The lowest BCUT2D eigenvalue weighted by Gasteiger charge is -2.24. The highest BCUT2D eigenvalue weighted by molar-refractivity contribution is 5.67. The third-order valence-electron chi connectivity index (χ3n) is 4.40. The first-order valence-electron chi connectivity index (χ1n) is 10.3. The molecule has 0 spiro atoms. The van der Waals surface area contributed by atoms with E-state index in [-0.39, 0.29) is 12.2 Å². The van der Waals surface area contributed by atoms with Crippen molar-refractivity contribution in [2.75, 3.05) is 32.8 Å². The Balaban J connectivity index is 1.82. The van der Waals surface area contributed by atoms with E-state index in [2.05, 4.69) is 17.6 Å². The van der Waals surface area contributed by atoms with Gasteiger partial charge in [0.05, 0.1) is 6.61 Å². The van der Waals surface area contributed by atoms with Gasteiger partial charge in [-0.05, 0) is 38.5 Å². The molecule has 1 aliphatic rings. The Morgan fingerprint density at radius 1 is 0.808 bits per heavy atom. The molecule has 7 heteroatoms. The quantitative estimate of drug-likeness (QED) is 0.479. The van der Waals surface area contributed by atoms with Gasteiger partial charge in [-0.1, -0.05) is 39.0 Å². The van der Waals surface area contributed by atoms with Crippen LogP contribution in [0, 0.1) is 0 Å². The van der Waals surface area contributed by atoms with Crippen LogP contribution in [-0.2, 0) is 9.57 Å². The Labute approximate surface area is 158 Å². The second-order valence-corrected chi connectivity index (χ2v) is 6.83. The smallest absolute Gasteiger partial charge is 0.426 e. The molecule has 0 unspecified atom stereocenters. The molecule has 0 atom stereocenters. The lowest BCUT2D eigenvalue weighted by Crippen LogP contribution is -2.37. The third-order valence-corrected chi connectivity index (χ3v) is 4.40. The summed E-state index contributed by atoms with van der Waals surface area (Å²) in [6.07, 6.45) is 11.0. The maximum Gasteiger partial charge on any atom is 0.426 e. The summed E-state index contributed by atoms with van der Waals surface area (Å²) >= 11 is 0. The predicted molar refractivity (Wildman–Crippen MR) is 102 cm³/mol. The highest BCUT2D eigenvalue weighted by atomic mass is 16.7. The Kier molecular flexibility index (Phi) is 13.6. The SMILES string of the molecule is CCCCCCNC(=O)OCCCCCCNC(=O)ON1CCCCC1. The zero-order chi connectivity index (χ0) is 18.9. The molecular formula is C19H37N3O4. The molecule has 0 aromatic carbocycles. The number of nitrogens with one attached hydrogen (secondary N) is 2. The van der Waals surface area contributed by atoms with E-state index >= 15 is 0 Å². The number of unbranched alkanes of at least 4 members (excludes halogenated alkanes) is 6. The van der Waals surface area contributed by atoms with Crippen LogP contribution in [0.4, 0.5) is 9.59 Å². The molecule has 152 valence electrons. The van der Waals surface area contributed by atoms with Gasteiger partial charge in [0.1, 0.15) is 0 Å².